The van der Waals surface area contributed by atoms with Gasteiger partial charge < -0.3 is 9.74 Å². The molecule has 15 heavy (non-hydrogen) atoms. The number of hydroxylamine groups is 2. The van der Waals surface area contributed by atoms with Gasteiger partial charge in [0, 0.05) is 26.2 Å². The smallest absolute Gasteiger partial charge is 0.264 e. The quantitative estimate of drug-likeness (QED) is 0.756. The molecule has 0 bridgehead atoms. The van der Waals surface area contributed by atoms with Gasteiger partial charge in [0.05, 0.1) is 12.0 Å². The molecule has 82 valence electrons. The zero-order valence-electron chi connectivity index (χ0n) is 8.68. The Hall–Kier alpha value is -0.910. The van der Waals surface area contributed by atoms with E-state index in [2.05, 4.69) is 0 Å². The molecule has 1 aliphatic rings. The van der Waals surface area contributed by atoms with Crippen LogP contribution in [0.4, 0.5) is 0 Å². The van der Waals surface area contributed by atoms with Crippen LogP contribution in [0.2, 0.25) is 0 Å². The summed E-state index contributed by atoms with van der Waals surface area (Å²) in [7, 11) is 1.66. The molecular formula is C10H14N2O2S. The monoisotopic (exact) mass is 226 g/mol. The number of thiophene rings is 1. The van der Waals surface area contributed by atoms with Crippen LogP contribution in [0.15, 0.2) is 17.5 Å². The molecule has 0 unspecified atom stereocenters. The number of amides is 1. The molecule has 2 rings (SSSR count). The first-order valence-corrected chi connectivity index (χ1v) is 5.81. The van der Waals surface area contributed by atoms with Crippen LogP contribution in [-0.4, -0.2) is 49.2 Å². The van der Waals surface area contributed by atoms with Gasteiger partial charge >= 0.3 is 0 Å². The van der Waals surface area contributed by atoms with Crippen molar-refractivity contribution in [1.29, 1.82) is 0 Å². The molecule has 0 N–H and O–H groups in total. The molecule has 0 aliphatic carbocycles. The molecule has 1 aliphatic heterocycles. The Labute approximate surface area is 93.0 Å². The average Bonchev–Trinajstić information content (AvgIpc) is 2.82. The third-order valence-electron chi connectivity index (χ3n) is 2.52. The molecule has 1 fully saturated rings. The van der Waals surface area contributed by atoms with Crippen LogP contribution in [0.3, 0.4) is 0 Å². The molecule has 0 radical (unpaired) electrons. The highest BCUT2D eigenvalue weighted by molar-refractivity contribution is 7.12. The largest absolute Gasteiger partial charge is 0.335 e. The maximum Gasteiger partial charge on any atom is 0.264 e. The van der Waals surface area contributed by atoms with E-state index in [1.54, 1.807) is 7.11 Å². The van der Waals surface area contributed by atoms with Gasteiger partial charge in [-0.05, 0) is 11.4 Å². The zero-order valence-corrected chi connectivity index (χ0v) is 9.50. The Morgan fingerprint density at radius 2 is 2.13 bits per heavy atom. The SMILES string of the molecule is CON1CCN(C(=O)c2cccs2)CC1. The summed E-state index contributed by atoms with van der Waals surface area (Å²) in [5.41, 5.74) is 0. The number of nitrogens with zero attached hydrogens (tertiary/aromatic N) is 2. The zero-order chi connectivity index (χ0) is 10.7. The highest BCUT2D eigenvalue weighted by Gasteiger charge is 2.22. The van der Waals surface area contributed by atoms with E-state index in [4.69, 9.17) is 4.84 Å². The Kier molecular flexibility index (Phi) is 3.35. The lowest BCUT2D eigenvalue weighted by Crippen LogP contribution is -2.47. The summed E-state index contributed by atoms with van der Waals surface area (Å²) in [6.07, 6.45) is 0. The van der Waals surface area contributed by atoms with Crippen LogP contribution in [-0.2, 0) is 4.84 Å². The van der Waals surface area contributed by atoms with Crippen LogP contribution in [0, 0.1) is 0 Å². The first-order valence-electron chi connectivity index (χ1n) is 4.93. The lowest BCUT2D eigenvalue weighted by atomic mass is 10.3. The van der Waals surface area contributed by atoms with E-state index in [0.717, 1.165) is 31.1 Å². The predicted octanol–water partition coefficient (Wildman–Crippen LogP) is 1.07. The van der Waals surface area contributed by atoms with Gasteiger partial charge in [-0.3, -0.25) is 4.79 Å². The van der Waals surface area contributed by atoms with E-state index in [1.807, 2.05) is 27.5 Å². The molecule has 1 aromatic rings. The molecule has 0 atom stereocenters. The minimum absolute atomic E-state index is 0.140. The van der Waals surface area contributed by atoms with Crippen LogP contribution in [0.25, 0.3) is 0 Å². The second kappa shape index (κ2) is 4.74. The van der Waals surface area contributed by atoms with Gasteiger partial charge in [-0.1, -0.05) is 6.07 Å². The second-order valence-corrected chi connectivity index (χ2v) is 4.33. The van der Waals surface area contributed by atoms with Crippen molar-refractivity contribution in [3.05, 3.63) is 22.4 Å². The first kappa shape index (κ1) is 10.6. The van der Waals surface area contributed by atoms with Gasteiger partial charge in [-0.25, -0.2) is 0 Å². The molecule has 4 nitrogen and oxygen atoms in total. The fourth-order valence-electron chi connectivity index (χ4n) is 1.63. The van der Waals surface area contributed by atoms with Crippen LogP contribution >= 0.6 is 11.3 Å². The normalized spacial score (nSPS) is 18.1. The van der Waals surface area contributed by atoms with E-state index < -0.39 is 0 Å². The van der Waals surface area contributed by atoms with E-state index >= 15 is 0 Å². The van der Waals surface area contributed by atoms with Crippen molar-refractivity contribution in [3.63, 3.8) is 0 Å². The van der Waals surface area contributed by atoms with Crippen molar-refractivity contribution in [3.8, 4) is 0 Å². The minimum Gasteiger partial charge on any atom is -0.335 e. The third-order valence-corrected chi connectivity index (χ3v) is 3.37. The maximum atomic E-state index is 11.9. The van der Waals surface area contributed by atoms with Crippen molar-refractivity contribution >= 4 is 17.2 Å². The van der Waals surface area contributed by atoms with Crippen LogP contribution in [0.1, 0.15) is 9.67 Å². The van der Waals surface area contributed by atoms with Gasteiger partial charge in [0.15, 0.2) is 0 Å². The Bertz CT molecular complexity index is 318. The third kappa shape index (κ3) is 2.37. The number of piperazine rings is 1. The summed E-state index contributed by atoms with van der Waals surface area (Å²) in [5.74, 6) is 0.140. The van der Waals surface area contributed by atoms with E-state index in [9.17, 15) is 4.79 Å². The summed E-state index contributed by atoms with van der Waals surface area (Å²) >= 11 is 1.50. The molecule has 1 saturated heterocycles. The molecule has 0 spiro atoms. The summed E-state index contributed by atoms with van der Waals surface area (Å²) in [6.45, 7) is 3.05. The van der Waals surface area contributed by atoms with Gasteiger partial charge in [0.1, 0.15) is 0 Å². The molecule has 5 heteroatoms. The molecule has 0 saturated carbocycles. The lowest BCUT2D eigenvalue weighted by molar-refractivity contribution is -0.147. The highest BCUT2D eigenvalue weighted by Crippen LogP contribution is 2.13. The van der Waals surface area contributed by atoms with Gasteiger partial charge in [-0.15, -0.1) is 11.3 Å². The van der Waals surface area contributed by atoms with Crippen molar-refractivity contribution in [2.75, 3.05) is 33.3 Å². The van der Waals surface area contributed by atoms with E-state index in [1.165, 1.54) is 11.3 Å². The molecule has 0 aromatic carbocycles. The van der Waals surface area contributed by atoms with E-state index in [0.29, 0.717) is 0 Å². The predicted molar refractivity (Wildman–Crippen MR) is 58.8 cm³/mol. The fraction of sp³-hybridized carbons (Fsp3) is 0.500. The summed E-state index contributed by atoms with van der Waals surface area (Å²) < 4.78 is 0. The van der Waals surface area contributed by atoms with Crippen LogP contribution in [0.5, 0.6) is 0 Å². The molecule has 2 heterocycles. The number of carbonyl (C=O) groups excluding carboxylic acids is 1. The topological polar surface area (TPSA) is 32.8 Å². The summed E-state index contributed by atoms with van der Waals surface area (Å²) in [6, 6.07) is 3.78. The Morgan fingerprint density at radius 3 is 2.67 bits per heavy atom. The standard InChI is InChI=1S/C10H14N2O2S/c1-14-12-6-4-11(5-7-12)10(13)9-3-2-8-15-9/h2-3,8H,4-7H2,1H3. The Morgan fingerprint density at radius 1 is 1.40 bits per heavy atom. The number of hydrogen-bond acceptors (Lipinski definition) is 4. The summed E-state index contributed by atoms with van der Waals surface area (Å²) in [4.78, 5) is 19.7. The first-order chi connectivity index (χ1) is 7.31. The van der Waals surface area contributed by atoms with Crippen molar-refractivity contribution in [2.45, 2.75) is 0 Å². The fourth-order valence-corrected chi connectivity index (χ4v) is 2.32. The van der Waals surface area contributed by atoms with Gasteiger partial charge in [0.25, 0.3) is 5.91 Å². The van der Waals surface area contributed by atoms with Crippen molar-refractivity contribution < 1.29 is 9.63 Å². The maximum absolute atomic E-state index is 11.9. The Balaban J connectivity index is 1.93. The number of rotatable bonds is 2. The lowest BCUT2D eigenvalue weighted by Gasteiger charge is -2.32. The average molecular weight is 226 g/mol. The minimum atomic E-state index is 0.140. The van der Waals surface area contributed by atoms with Crippen molar-refractivity contribution in [2.24, 2.45) is 0 Å². The highest BCUT2D eigenvalue weighted by atomic mass is 32.1. The van der Waals surface area contributed by atoms with E-state index in [-0.39, 0.29) is 5.91 Å². The molecular weight excluding hydrogens is 212 g/mol. The van der Waals surface area contributed by atoms with Gasteiger partial charge in [-0.2, -0.15) is 5.06 Å². The second-order valence-electron chi connectivity index (χ2n) is 3.38. The molecule has 1 amide bonds. The molecule has 1 aromatic heterocycles. The number of carbonyl (C=O) groups is 1. The number of hydrogen-bond donors (Lipinski definition) is 0. The van der Waals surface area contributed by atoms with Gasteiger partial charge in [0.2, 0.25) is 0 Å². The van der Waals surface area contributed by atoms with Crippen molar-refractivity contribution in [1.82, 2.24) is 9.96 Å². The summed E-state index contributed by atoms with van der Waals surface area (Å²) in [5, 5.41) is 3.80. The van der Waals surface area contributed by atoms with Crippen LogP contribution < -0.4 is 0 Å².